The second-order valence-corrected chi connectivity index (χ2v) is 7.70. The Labute approximate surface area is 139 Å². The maximum Gasteiger partial charge on any atom is 0.0403 e. The molecule has 0 N–H and O–H groups in total. The zero-order valence-corrected chi connectivity index (χ0v) is 15.6. The fraction of sp³-hybridized carbons (Fsp3) is 0.700. The van der Waals surface area contributed by atoms with E-state index in [0.29, 0.717) is 4.83 Å². The summed E-state index contributed by atoms with van der Waals surface area (Å²) >= 11 is 4.05. The lowest BCUT2D eigenvalue weighted by Gasteiger charge is -2.26. The molecule has 1 fully saturated rings. The number of benzene rings is 1. The molecular weight excluding hydrogens is 320 g/mol. The molecule has 0 saturated heterocycles. The molecule has 1 atom stereocenters. The van der Waals surface area contributed by atoms with E-state index < -0.39 is 0 Å². The minimum absolute atomic E-state index is 0.552. The highest BCUT2D eigenvalue weighted by molar-refractivity contribution is 9.09. The summed E-state index contributed by atoms with van der Waals surface area (Å²) in [5.74, 6) is 0.934. The smallest absolute Gasteiger partial charge is 0.0403 e. The summed E-state index contributed by atoms with van der Waals surface area (Å²) in [5.41, 5.74) is 6.26. The van der Waals surface area contributed by atoms with Gasteiger partial charge in [-0.05, 0) is 53.9 Å². The van der Waals surface area contributed by atoms with Crippen LogP contribution in [0, 0.1) is 5.92 Å². The van der Waals surface area contributed by atoms with Crippen molar-refractivity contribution in [3.05, 3.63) is 34.4 Å². The van der Waals surface area contributed by atoms with Gasteiger partial charge < -0.3 is 0 Å². The number of halogens is 1. The Morgan fingerprint density at radius 2 is 1.52 bits per heavy atom. The maximum absolute atomic E-state index is 4.05. The van der Waals surface area contributed by atoms with Crippen LogP contribution in [0.4, 0.5) is 0 Å². The van der Waals surface area contributed by atoms with E-state index in [-0.39, 0.29) is 0 Å². The third-order valence-corrected chi connectivity index (χ3v) is 5.99. The molecule has 1 aliphatic rings. The summed E-state index contributed by atoms with van der Waals surface area (Å²) in [6.45, 7) is 6.87. The molecule has 1 aromatic carbocycles. The van der Waals surface area contributed by atoms with Crippen molar-refractivity contribution in [3.8, 4) is 0 Å². The largest absolute Gasteiger partial charge is 0.0838 e. The van der Waals surface area contributed by atoms with Crippen molar-refractivity contribution >= 4 is 15.9 Å². The quantitative estimate of drug-likeness (QED) is 0.496. The highest BCUT2D eigenvalue weighted by Gasteiger charge is 2.22. The van der Waals surface area contributed by atoms with Gasteiger partial charge in [0.05, 0.1) is 0 Å². The molecule has 0 amide bonds. The van der Waals surface area contributed by atoms with Gasteiger partial charge in [0.1, 0.15) is 0 Å². The molecule has 1 heteroatoms. The Morgan fingerprint density at radius 3 is 2.00 bits per heavy atom. The van der Waals surface area contributed by atoms with E-state index in [1.807, 2.05) is 0 Å². The van der Waals surface area contributed by atoms with Gasteiger partial charge in [-0.2, -0.15) is 0 Å². The first-order valence-corrected chi connectivity index (χ1v) is 9.89. The lowest BCUT2D eigenvalue weighted by molar-refractivity contribution is 0.338. The number of hydrogen-bond donors (Lipinski definition) is 0. The van der Waals surface area contributed by atoms with Crippen molar-refractivity contribution in [3.63, 3.8) is 0 Å². The molecule has 1 unspecified atom stereocenters. The van der Waals surface area contributed by atoms with E-state index in [9.17, 15) is 0 Å². The molecule has 1 saturated carbocycles. The molecule has 0 nitrogen and oxygen atoms in total. The molecule has 0 spiro atoms. The number of aryl methyl sites for hydroxylation is 3. The number of hydrogen-bond acceptors (Lipinski definition) is 0. The third-order valence-electron chi connectivity index (χ3n) is 5.16. The van der Waals surface area contributed by atoms with Gasteiger partial charge in [0, 0.05) is 4.83 Å². The minimum Gasteiger partial charge on any atom is -0.0838 e. The minimum atomic E-state index is 0.552. The van der Waals surface area contributed by atoms with Gasteiger partial charge in [-0.15, -0.1) is 0 Å². The molecule has 0 heterocycles. The Bertz CT molecular complexity index is 418. The van der Waals surface area contributed by atoms with Gasteiger partial charge in [0.15, 0.2) is 0 Å². The van der Waals surface area contributed by atoms with Gasteiger partial charge in [0.25, 0.3) is 0 Å². The molecule has 1 aliphatic carbocycles. The molecular formula is C20H31Br. The first kappa shape index (κ1) is 17.1. The van der Waals surface area contributed by atoms with Crippen LogP contribution in [-0.2, 0) is 19.3 Å². The van der Waals surface area contributed by atoms with Crippen LogP contribution in [0.25, 0.3) is 0 Å². The Hall–Kier alpha value is -0.300. The van der Waals surface area contributed by atoms with Crippen molar-refractivity contribution in [2.45, 2.75) is 83.4 Å². The van der Waals surface area contributed by atoms with E-state index in [1.165, 1.54) is 44.1 Å². The van der Waals surface area contributed by atoms with Gasteiger partial charge in [0.2, 0.25) is 0 Å². The van der Waals surface area contributed by atoms with E-state index in [2.05, 4.69) is 48.8 Å². The van der Waals surface area contributed by atoms with Crippen molar-refractivity contribution in [2.75, 3.05) is 0 Å². The SMILES string of the molecule is CCc1cc(CC)c(C(Br)CC2CCCCC2)c(CC)c1. The van der Waals surface area contributed by atoms with Gasteiger partial charge in [-0.25, -0.2) is 0 Å². The van der Waals surface area contributed by atoms with Gasteiger partial charge in [-0.3, -0.25) is 0 Å². The summed E-state index contributed by atoms with van der Waals surface area (Å²) in [6, 6.07) is 4.90. The molecule has 2 rings (SSSR count). The van der Waals surface area contributed by atoms with E-state index in [0.717, 1.165) is 25.2 Å². The summed E-state index contributed by atoms with van der Waals surface area (Å²) in [4.78, 5) is 0.552. The van der Waals surface area contributed by atoms with Crippen LogP contribution in [0.15, 0.2) is 12.1 Å². The fourth-order valence-corrected chi connectivity index (χ4v) is 4.99. The molecule has 0 radical (unpaired) electrons. The van der Waals surface area contributed by atoms with Gasteiger partial charge in [-0.1, -0.05) is 80.9 Å². The first-order valence-electron chi connectivity index (χ1n) is 8.98. The topological polar surface area (TPSA) is 0 Å². The lowest BCUT2D eigenvalue weighted by Crippen LogP contribution is -2.11. The average Bonchev–Trinajstić information content (AvgIpc) is 2.54. The molecule has 0 aliphatic heterocycles. The maximum atomic E-state index is 4.05. The summed E-state index contributed by atoms with van der Waals surface area (Å²) < 4.78 is 0. The number of alkyl halides is 1. The van der Waals surface area contributed by atoms with Crippen LogP contribution < -0.4 is 0 Å². The van der Waals surface area contributed by atoms with Crippen LogP contribution in [0.1, 0.15) is 86.4 Å². The van der Waals surface area contributed by atoms with E-state index >= 15 is 0 Å². The monoisotopic (exact) mass is 350 g/mol. The predicted molar refractivity (Wildman–Crippen MR) is 97.4 cm³/mol. The Balaban J connectivity index is 2.23. The summed E-state index contributed by atoms with van der Waals surface area (Å²) in [5, 5.41) is 0. The van der Waals surface area contributed by atoms with E-state index in [4.69, 9.17) is 0 Å². The molecule has 1 aromatic rings. The fourth-order valence-electron chi connectivity index (χ4n) is 3.88. The normalized spacial score (nSPS) is 17.9. The molecule has 0 aromatic heterocycles. The molecule has 0 bridgehead atoms. The molecule has 118 valence electrons. The summed E-state index contributed by atoms with van der Waals surface area (Å²) in [6.07, 6.45) is 12.0. The van der Waals surface area contributed by atoms with Crippen LogP contribution in [-0.4, -0.2) is 0 Å². The lowest BCUT2D eigenvalue weighted by atomic mass is 9.83. The third kappa shape index (κ3) is 4.34. The Morgan fingerprint density at radius 1 is 0.952 bits per heavy atom. The second kappa shape index (κ2) is 8.36. The average molecular weight is 351 g/mol. The zero-order valence-electron chi connectivity index (χ0n) is 14.1. The highest BCUT2D eigenvalue weighted by atomic mass is 79.9. The highest BCUT2D eigenvalue weighted by Crippen LogP contribution is 2.39. The van der Waals surface area contributed by atoms with Gasteiger partial charge >= 0.3 is 0 Å². The second-order valence-electron chi connectivity index (χ2n) is 6.60. The molecule has 21 heavy (non-hydrogen) atoms. The van der Waals surface area contributed by atoms with E-state index in [1.54, 1.807) is 16.7 Å². The van der Waals surface area contributed by atoms with Crippen molar-refractivity contribution in [2.24, 2.45) is 5.92 Å². The Kier molecular flexibility index (Phi) is 6.79. The number of rotatable bonds is 6. The van der Waals surface area contributed by atoms with Crippen LogP contribution in [0.5, 0.6) is 0 Å². The first-order chi connectivity index (χ1) is 10.2. The van der Waals surface area contributed by atoms with Crippen molar-refractivity contribution in [1.82, 2.24) is 0 Å². The van der Waals surface area contributed by atoms with Crippen LogP contribution >= 0.6 is 15.9 Å². The van der Waals surface area contributed by atoms with Crippen molar-refractivity contribution < 1.29 is 0 Å². The van der Waals surface area contributed by atoms with Crippen LogP contribution in [0.3, 0.4) is 0 Å². The van der Waals surface area contributed by atoms with Crippen molar-refractivity contribution in [1.29, 1.82) is 0 Å². The predicted octanol–water partition coefficient (Wildman–Crippen LogP) is 6.78. The van der Waals surface area contributed by atoms with Crippen LogP contribution in [0.2, 0.25) is 0 Å². The standard InChI is InChI=1S/C20H31Br/c1-4-15-12-17(5-2)20(18(6-3)13-15)19(21)14-16-10-8-7-9-11-16/h12-13,16,19H,4-11,14H2,1-3H3. The zero-order chi connectivity index (χ0) is 15.2. The summed E-state index contributed by atoms with van der Waals surface area (Å²) in [7, 11) is 0.